The summed E-state index contributed by atoms with van der Waals surface area (Å²) in [6.45, 7) is 3.96. The van der Waals surface area contributed by atoms with Crippen molar-refractivity contribution in [2.24, 2.45) is 0 Å². The van der Waals surface area contributed by atoms with Gasteiger partial charge in [-0.15, -0.1) is 6.58 Å². The second-order valence-electron chi connectivity index (χ2n) is 3.79. The van der Waals surface area contributed by atoms with Gasteiger partial charge in [-0.05, 0) is 6.07 Å². The number of hydrogen-bond donors (Lipinski definition) is 1. The lowest BCUT2D eigenvalue weighted by Gasteiger charge is -2.19. The van der Waals surface area contributed by atoms with E-state index in [4.69, 9.17) is 9.84 Å². The fourth-order valence-electron chi connectivity index (χ4n) is 1.64. The summed E-state index contributed by atoms with van der Waals surface area (Å²) in [4.78, 5) is 12.3. The molecule has 0 saturated carbocycles. The molecule has 0 spiro atoms. The van der Waals surface area contributed by atoms with Crippen LogP contribution in [0.25, 0.3) is 0 Å². The first-order valence-electron chi connectivity index (χ1n) is 5.45. The van der Waals surface area contributed by atoms with Crippen molar-refractivity contribution < 1.29 is 19.0 Å². The summed E-state index contributed by atoms with van der Waals surface area (Å²) in [5, 5.41) is 8.76. The number of halogens is 1. The minimum atomic E-state index is -0.958. The Balaban J connectivity index is 2.86. The maximum Gasteiger partial charge on any atom is 0.317 e. The molecule has 1 N–H and O–H groups in total. The van der Waals surface area contributed by atoms with Crippen molar-refractivity contribution in [1.82, 2.24) is 4.90 Å². The van der Waals surface area contributed by atoms with Crippen LogP contribution in [0.2, 0.25) is 0 Å². The van der Waals surface area contributed by atoms with Crippen molar-refractivity contribution in [2.75, 3.05) is 20.2 Å². The Morgan fingerprint density at radius 1 is 1.61 bits per heavy atom. The van der Waals surface area contributed by atoms with Crippen molar-refractivity contribution in [1.29, 1.82) is 0 Å². The second-order valence-corrected chi connectivity index (χ2v) is 3.79. The van der Waals surface area contributed by atoms with E-state index in [2.05, 4.69) is 6.58 Å². The van der Waals surface area contributed by atoms with Gasteiger partial charge in [0.15, 0.2) is 11.6 Å². The molecule has 0 saturated heterocycles. The zero-order valence-electron chi connectivity index (χ0n) is 10.2. The van der Waals surface area contributed by atoms with Crippen LogP contribution in [0, 0.1) is 5.82 Å². The summed E-state index contributed by atoms with van der Waals surface area (Å²) in [6, 6.07) is 4.80. The van der Waals surface area contributed by atoms with Crippen molar-refractivity contribution in [2.45, 2.75) is 6.54 Å². The summed E-state index contributed by atoms with van der Waals surface area (Å²) < 4.78 is 18.8. The number of carbonyl (C=O) groups is 1. The van der Waals surface area contributed by atoms with E-state index < -0.39 is 11.8 Å². The largest absolute Gasteiger partial charge is 0.494 e. The molecule has 0 aliphatic rings. The average Bonchev–Trinajstić information content (AvgIpc) is 2.31. The molecule has 1 rings (SSSR count). The van der Waals surface area contributed by atoms with Gasteiger partial charge in [-0.25, -0.2) is 4.39 Å². The van der Waals surface area contributed by atoms with E-state index >= 15 is 0 Å². The van der Waals surface area contributed by atoms with E-state index in [1.807, 2.05) is 0 Å². The molecule has 0 aliphatic heterocycles. The summed E-state index contributed by atoms with van der Waals surface area (Å²) >= 11 is 0. The normalized spacial score (nSPS) is 10.4. The zero-order chi connectivity index (χ0) is 13.5. The van der Waals surface area contributed by atoms with Crippen LogP contribution >= 0.6 is 0 Å². The third-order valence-corrected chi connectivity index (χ3v) is 2.40. The van der Waals surface area contributed by atoms with E-state index in [-0.39, 0.29) is 18.8 Å². The number of carboxylic acid groups (broad SMARTS) is 1. The molecule has 98 valence electrons. The molecule has 0 unspecified atom stereocenters. The molecule has 0 amide bonds. The number of methoxy groups -OCH3 is 1. The lowest BCUT2D eigenvalue weighted by molar-refractivity contribution is -0.138. The van der Waals surface area contributed by atoms with Crippen molar-refractivity contribution in [3.63, 3.8) is 0 Å². The molecule has 0 atom stereocenters. The van der Waals surface area contributed by atoms with Gasteiger partial charge in [-0.2, -0.15) is 0 Å². The molecule has 4 nitrogen and oxygen atoms in total. The van der Waals surface area contributed by atoms with Gasteiger partial charge in [0.05, 0.1) is 13.7 Å². The van der Waals surface area contributed by atoms with Gasteiger partial charge in [0.25, 0.3) is 0 Å². The number of rotatable bonds is 7. The van der Waals surface area contributed by atoms with Crippen molar-refractivity contribution in [3.8, 4) is 5.75 Å². The minimum absolute atomic E-state index is 0.154. The Morgan fingerprint density at radius 3 is 2.89 bits per heavy atom. The molecule has 18 heavy (non-hydrogen) atoms. The first-order chi connectivity index (χ1) is 8.58. The molecular formula is C13H16FNO3. The SMILES string of the molecule is C=CCN(CC(=O)O)Cc1cccc(OC)c1F. The number of nitrogens with zero attached hydrogens (tertiary/aromatic N) is 1. The Hall–Kier alpha value is -1.88. The molecule has 0 aliphatic carbocycles. The van der Waals surface area contributed by atoms with E-state index in [9.17, 15) is 9.18 Å². The molecular weight excluding hydrogens is 237 g/mol. The van der Waals surface area contributed by atoms with Crippen molar-refractivity contribution in [3.05, 3.63) is 42.2 Å². The van der Waals surface area contributed by atoms with E-state index in [0.717, 1.165) is 0 Å². The van der Waals surface area contributed by atoms with Gasteiger partial charge in [-0.1, -0.05) is 18.2 Å². The summed E-state index contributed by atoms with van der Waals surface area (Å²) in [5.41, 5.74) is 0.400. The maximum absolute atomic E-state index is 13.9. The monoisotopic (exact) mass is 253 g/mol. The number of benzene rings is 1. The molecule has 5 heteroatoms. The Bertz CT molecular complexity index is 434. The Labute approximate surface area is 105 Å². The summed E-state index contributed by atoms with van der Waals surface area (Å²) in [6.07, 6.45) is 1.58. The zero-order valence-corrected chi connectivity index (χ0v) is 10.2. The molecule has 0 radical (unpaired) electrons. The smallest absolute Gasteiger partial charge is 0.317 e. The topological polar surface area (TPSA) is 49.8 Å². The number of hydrogen-bond acceptors (Lipinski definition) is 3. The first-order valence-corrected chi connectivity index (χ1v) is 5.45. The third-order valence-electron chi connectivity index (χ3n) is 2.40. The van der Waals surface area contributed by atoms with Gasteiger partial charge in [-0.3, -0.25) is 9.69 Å². The van der Waals surface area contributed by atoms with Crippen LogP contribution in [0.3, 0.4) is 0 Å². The predicted molar refractivity (Wildman–Crippen MR) is 66.1 cm³/mol. The van der Waals surface area contributed by atoms with Crippen LogP contribution in [0.4, 0.5) is 4.39 Å². The van der Waals surface area contributed by atoms with Crippen LogP contribution in [-0.4, -0.2) is 36.2 Å². The van der Waals surface area contributed by atoms with E-state index in [1.54, 1.807) is 23.1 Å². The van der Waals surface area contributed by atoms with E-state index in [0.29, 0.717) is 12.1 Å². The minimum Gasteiger partial charge on any atom is -0.494 e. The highest BCUT2D eigenvalue weighted by Gasteiger charge is 2.13. The number of ether oxygens (including phenoxy) is 1. The van der Waals surface area contributed by atoms with Crippen LogP contribution in [0.1, 0.15) is 5.56 Å². The molecule has 0 aromatic heterocycles. The molecule has 1 aromatic carbocycles. The quantitative estimate of drug-likeness (QED) is 0.754. The lowest BCUT2D eigenvalue weighted by Crippen LogP contribution is -2.29. The highest BCUT2D eigenvalue weighted by Crippen LogP contribution is 2.21. The molecule has 0 bridgehead atoms. The van der Waals surface area contributed by atoms with Gasteiger partial charge in [0.2, 0.25) is 0 Å². The van der Waals surface area contributed by atoms with Crippen LogP contribution in [0.5, 0.6) is 5.75 Å². The number of aliphatic carboxylic acids is 1. The first kappa shape index (κ1) is 14.2. The number of carboxylic acids is 1. The van der Waals surface area contributed by atoms with Gasteiger partial charge >= 0.3 is 5.97 Å². The Kier molecular flexibility index (Phi) is 5.32. The highest BCUT2D eigenvalue weighted by atomic mass is 19.1. The second kappa shape index (κ2) is 6.76. The molecule has 0 fully saturated rings. The molecule has 0 heterocycles. The van der Waals surface area contributed by atoms with Gasteiger partial charge < -0.3 is 9.84 Å². The predicted octanol–water partition coefficient (Wildman–Crippen LogP) is 1.91. The van der Waals surface area contributed by atoms with Crippen LogP contribution in [0.15, 0.2) is 30.9 Å². The summed E-state index contributed by atoms with van der Waals surface area (Å²) in [5.74, 6) is -1.26. The van der Waals surface area contributed by atoms with E-state index in [1.165, 1.54) is 13.2 Å². The van der Waals surface area contributed by atoms with Gasteiger partial charge in [0, 0.05) is 18.7 Å². The average molecular weight is 253 g/mol. The summed E-state index contributed by atoms with van der Waals surface area (Å²) in [7, 11) is 1.39. The lowest BCUT2D eigenvalue weighted by atomic mass is 10.2. The fraction of sp³-hybridized carbons (Fsp3) is 0.308. The van der Waals surface area contributed by atoms with Crippen molar-refractivity contribution >= 4 is 5.97 Å². The highest BCUT2D eigenvalue weighted by molar-refractivity contribution is 5.69. The van der Waals surface area contributed by atoms with Gasteiger partial charge in [0.1, 0.15) is 0 Å². The van der Waals surface area contributed by atoms with Crippen LogP contribution in [-0.2, 0) is 11.3 Å². The maximum atomic E-state index is 13.9. The fourth-order valence-corrected chi connectivity index (χ4v) is 1.64. The standard InChI is InChI=1S/C13H16FNO3/c1-3-7-15(9-12(16)17)8-10-5-4-6-11(18-2)13(10)14/h3-6H,1,7-9H2,2H3,(H,16,17). The van der Waals surface area contributed by atoms with Crippen LogP contribution < -0.4 is 4.74 Å². The third kappa shape index (κ3) is 3.85. The Morgan fingerprint density at radius 2 is 2.33 bits per heavy atom. The molecule has 1 aromatic rings.